The molecule has 9 heteroatoms. The molecule has 5 atom stereocenters. The molecule has 0 bridgehead atoms. The number of hydrogen-bond donors (Lipinski definition) is 3. The first-order valence-electron chi connectivity index (χ1n) is 16.8. The third-order valence-corrected chi connectivity index (χ3v) is 10.4. The van der Waals surface area contributed by atoms with Gasteiger partial charge in [-0.25, -0.2) is 0 Å². The fourth-order valence-corrected chi connectivity index (χ4v) is 8.09. The summed E-state index contributed by atoms with van der Waals surface area (Å²) in [6, 6.07) is 16.3. The van der Waals surface area contributed by atoms with Crippen LogP contribution in [-0.4, -0.2) is 64.6 Å². The number of likely N-dealkylation sites (tertiary alicyclic amines) is 1. The average Bonchev–Trinajstić information content (AvgIpc) is 3.49. The van der Waals surface area contributed by atoms with Crippen LogP contribution in [0.3, 0.4) is 0 Å². The highest BCUT2D eigenvalue weighted by molar-refractivity contribution is 7.10. The molecule has 2 fully saturated rings. The van der Waals surface area contributed by atoms with Gasteiger partial charge in [-0.3, -0.25) is 19.3 Å². The van der Waals surface area contributed by atoms with Gasteiger partial charge in [-0.1, -0.05) is 55.7 Å². The number of β-amino-alcohol motifs (C(OH)–C–C–N with tert-alkyl or cyclic N) is 1. The molecule has 2 amide bonds. The van der Waals surface area contributed by atoms with Crippen LogP contribution in [0.15, 0.2) is 60.0 Å². The van der Waals surface area contributed by atoms with Gasteiger partial charge in [0.15, 0.2) is 0 Å². The summed E-state index contributed by atoms with van der Waals surface area (Å²) in [6.45, 7) is 10.1. The fourth-order valence-electron chi connectivity index (χ4n) is 7.14. The van der Waals surface area contributed by atoms with Crippen LogP contribution in [0.2, 0.25) is 0 Å². The van der Waals surface area contributed by atoms with Gasteiger partial charge in [0, 0.05) is 48.0 Å². The van der Waals surface area contributed by atoms with Crippen LogP contribution in [-0.2, 0) is 16.0 Å². The molecule has 1 saturated carbocycles. The number of carbonyl (C=O) groups is 3. The molecule has 1 aliphatic carbocycles. The number of carbonyl (C=O) groups excluding carboxylic acids is 3. The monoisotopic (exact) mass is 659 g/mol. The molecule has 3 N–H and O–H groups in total. The van der Waals surface area contributed by atoms with Crippen molar-refractivity contribution in [1.29, 1.82) is 0 Å². The molecule has 8 nitrogen and oxygen atoms in total. The molecule has 1 aromatic heterocycles. The summed E-state index contributed by atoms with van der Waals surface area (Å²) in [5.74, 6) is 0.526. The number of rotatable bonds is 10. The Morgan fingerprint density at radius 3 is 2.45 bits per heavy atom. The van der Waals surface area contributed by atoms with Crippen LogP contribution < -0.4 is 15.4 Å². The lowest BCUT2D eigenvalue weighted by Gasteiger charge is -2.47. The Morgan fingerprint density at radius 2 is 1.74 bits per heavy atom. The molecular weight excluding hydrogens is 611 g/mol. The number of nitrogens with one attached hydrogen (secondary N) is 2. The first kappa shape index (κ1) is 34.8. The van der Waals surface area contributed by atoms with Crippen LogP contribution in [0, 0.1) is 18.8 Å². The molecule has 47 heavy (non-hydrogen) atoms. The van der Waals surface area contributed by atoms with Gasteiger partial charge in [0.1, 0.15) is 5.75 Å². The Balaban J connectivity index is 1.41. The molecular formula is C38H49N3O5S. The minimum atomic E-state index is -0.941. The zero-order valence-electron chi connectivity index (χ0n) is 28.3. The van der Waals surface area contributed by atoms with Crippen molar-refractivity contribution in [1.82, 2.24) is 15.5 Å². The number of amides is 2. The largest absolute Gasteiger partial charge is 0.426 e. The quantitative estimate of drug-likeness (QED) is 0.178. The number of hydrogen-bond acceptors (Lipinski definition) is 7. The minimum absolute atomic E-state index is 0.00187. The number of esters is 1. The van der Waals surface area contributed by atoms with Crippen molar-refractivity contribution in [3.63, 3.8) is 0 Å². The maximum absolute atomic E-state index is 13.8. The Bertz CT molecular complexity index is 1550. The molecule has 2 aromatic carbocycles. The van der Waals surface area contributed by atoms with Crippen LogP contribution in [0.1, 0.15) is 80.6 Å². The van der Waals surface area contributed by atoms with E-state index in [-0.39, 0.29) is 29.9 Å². The van der Waals surface area contributed by atoms with E-state index in [1.165, 1.54) is 19.8 Å². The summed E-state index contributed by atoms with van der Waals surface area (Å²) < 4.78 is 5.33. The molecule has 0 radical (unpaired) electrons. The lowest BCUT2D eigenvalue weighted by molar-refractivity contribution is -0.133. The number of piperidine rings is 1. The number of nitrogens with zero attached hydrogens (tertiary/aromatic N) is 1. The maximum atomic E-state index is 13.8. The minimum Gasteiger partial charge on any atom is -0.426 e. The first-order chi connectivity index (χ1) is 22.4. The highest BCUT2D eigenvalue weighted by atomic mass is 32.1. The molecule has 2 heterocycles. The smallest absolute Gasteiger partial charge is 0.308 e. The van der Waals surface area contributed by atoms with Gasteiger partial charge in [-0.15, -0.1) is 11.3 Å². The fraction of sp³-hybridized carbons (Fsp3) is 0.500. The standard InChI is InChI=1S/C38H49N3O5S/c1-24-31(16-11-17-35(24)46-25(2)42)36(44)39-32(20-30-18-29(23-47-30)26-12-7-6-8-13-26)34(43)22-41-21-28-15-10-9-14-27(28)19-33(41)37(45)40-38(3,4)5/h6-8,11-13,16-18,23,27-28,32-34,43H,9-10,14-15,19-22H2,1-5H3,(H,39,44)(H,40,45)/t27-,28+,32-,33-,34+/m0/s1. The van der Waals surface area contributed by atoms with E-state index >= 15 is 0 Å². The number of aliphatic hydroxyl groups excluding tert-OH is 1. The van der Waals surface area contributed by atoms with Crippen LogP contribution >= 0.6 is 11.3 Å². The van der Waals surface area contributed by atoms with Gasteiger partial charge in [-0.2, -0.15) is 0 Å². The molecule has 3 aromatic rings. The normalized spacial score (nSPS) is 21.3. The van der Waals surface area contributed by atoms with E-state index in [4.69, 9.17) is 4.74 Å². The van der Waals surface area contributed by atoms with E-state index in [2.05, 4.69) is 39.1 Å². The highest BCUT2D eigenvalue weighted by Gasteiger charge is 2.42. The number of aliphatic hydroxyl groups is 1. The Labute approximate surface area is 282 Å². The van der Waals surface area contributed by atoms with Gasteiger partial charge in [0.05, 0.1) is 18.2 Å². The summed E-state index contributed by atoms with van der Waals surface area (Å²) in [5.41, 5.74) is 2.76. The number of fused-ring (bicyclic) bond motifs is 1. The van der Waals surface area contributed by atoms with Crippen molar-refractivity contribution in [2.75, 3.05) is 13.1 Å². The van der Waals surface area contributed by atoms with Crippen molar-refractivity contribution in [2.45, 2.75) is 96.9 Å². The lowest BCUT2D eigenvalue weighted by atomic mass is 9.72. The second-order valence-corrected chi connectivity index (χ2v) is 15.3. The Morgan fingerprint density at radius 1 is 1.02 bits per heavy atom. The summed E-state index contributed by atoms with van der Waals surface area (Å²) in [4.78, 5) is 42.3. The summed E-state index contributed by atoms with van der Waals surface area (Å²) >= 11 is 1.60. The van der Waals surface area contributed by atoms with Crippen molar-refractivity contribution in [2.24, 2.45) is 11.8 Å². The van der Waals surface area contributed by atoms with Gasteiger partial charge < -0.3 is 20.5 Å². The molecule has 0 spiro atoms. The van der Waals surface area contributed by atoms with Crippen LogP contribution in [0.25, 0.3) is 11.1 Å². The van der Waals surface area contributed by atoms with E-state index in [1.54, 1.807) is 36.5 Å². The molecule has 2 aliphatic rings. The van der Waals surface area contributed by atoms with Gasteiger partial charge >= 0.3 is 5.97 Å². The van der Waals surface area contributed by atoms with E-state index in [9.17, 15) is 19.5 Å². The van der Waals surface area contributed by atoms with E-state index in [0.717, 1.165) is 41.8 Å². The zero-order chi connectivity index (χ0) is 33.7. The van der Waals surface area contributed by atoms with Crippen LogP contribution in [0.5, 0.6) is 5.75 Å². The molecule has 252 valence electrons. The van der Waals surface area contributed by atoms with Gasteiger partial charge in [0.2, 0.25) is 5.91 Å². The molecule has 1 saturated heterocycles. The van der Waals surface area contributed by atoms with Crippen molar-refractivity contribution < 1.29 is 24.2 Å². The van der Waals surface area contributed by atoms with Gasteiger partial charge in [-0.05, 0) is 87.1 Å². The maximum Gasteiger partial charge on any atom is 0.308 e. The zero-order valence-corrected chi connectivity index (χ0v) is 29.1. The van der Waals surface area contributed by atoms with E-state index in [0.29, 0.717) is 35.1 Å². The molecule has 0 unspecified atom stereocenters. The van der Waals surface area contributed by atoms with Crippen molar-refractivity contribution in [3.05, 3.63) is 76.0 Å². The summed E-state index contributed by atoms with van der Waals surface area (Å²) in [7, 11) is 0. The number of ether oxygens (including phenoxy) is 1. The third kappa shape index (κ3) is 9.09. The summed E-state index contributed by atoms with van der Waals surface area (Å²) in [6.07, 6.45) is 4.95. The number of benzene rings is 2. The Hall–Kier alpha value is -3.53. The van der Waals surface area contributed by atoms with E-state index < -0.39 is 18.1 Å². The second-order valence-electron chi connectivity index (χ2n) is 14.3. The number of thiophene rings is 1. The Kier molecular flexibility index (Phi) is 11.2. The third-order valence-electron chi connectivity index (χ3n) is 9.47. The second kappa shape index (κ2) is 15.1. The first-order valence-corrected chi connectivity index (χ1v) is 17.7. The van der Waals surface area contributed by atoms with Crippen molar-refractivity contribution >= 4 is 29.1 Å². The van der Waals surface area contributed by atoms with Crippen LogP contribution in [0.4, 0.5) is 0 Å². The SMILES string of the molecule is CC(=O)Oc1cccc(C(=O)N[C@@H](Cc2cc(-c3ccccc3)cs2)[C@H](O)CN2C[C@H]3CCCC[C@H]3C[C@H]2C(=O)NC(C)(C)C)c1C. The topological polar surface area (TPSA) is 108 Å². The van der Waals surface area contributed by atoms with Gasteiger partial charge in [0.25, 0.3) is 5.91 Å². The molecule has 5 rings (SSSR count). The average molecular weight is 660 g/mol. The lowest BCUT2D eigenvalue weighted by Crippen LogP contribution is -2.60. The highest BCUT2D eigenvalue weighted by Crippen LogP contribution is 2.39. The predicted octanol–water partition coefficient (Wildman–Crippen LogP) is 6.15. The van der Waals surface area contributed by atoms with Crippen molar-refractivity contribution in [3.8, 4) is 16.9 Å². The summed E-state index contributed by atoms with van der Waals surface area (Å²) in [5, 5.41) is 20.4. The van der Waals surface area contributed by atoms with E-state index in [1.807, 2.05) is 39.0 Å². The molecule has 1 aliphatic heterocycles. The predicted molar refractivity (Wildman–Crippen MR) is 187 cm³/mol.